The third-order valence-electron chi connectivity index (χ3n) is 7.93. The molecule has 3 aromatic rings. The van der Waals surface area contributed by atoms with Crippen LogP contribution in [-0.2, 0) is 26.2 Å². The molecular weight excluding hydrogens is 581 g/mol. The van der Waals surface area contributed by atoms with E-state index >= 15 is 0 Å². The topological polar surface area (TPSA) is 96.0 Å². The Morgan fingerprint density at radius 1 is 0.955 bits per heavy atom. The van der Waals surface area contributed by atoms with Crippen molar-refractivity contribution in [2.24, 2.45) is 0 Å². The standard InChI is InChI=1S/C34H42FN3O5S/c1-4-30(34(40)36-28-11-7-6-8-12-28)37(23-26-17-19-27(35)20-18-26)33(39)24-38(31-13-9-10-14-32(31)43-5-2)44(41,42)29-21-15-25(3)16-22-29/h9-10,13-22,28,30H,4-8,11-12,23-24H2,1-3H3,(H,36,40)/t30-/m1/s1. The lowest BCUT2D eigenvalue weighted by atomic mass is 9.95. The molecule has 1 fully saturated rings. The average Bonchev–Trinajstić information content (AvgIpc) is 3.02. The normalized spacial score (nSPS) is 14.5. The van der Waals surface area contributed by atoms with Crippen molar-refractivity contribution in [3.63, 3.8) is 0 Å². The van der Waals surface area contributed by atoms with Crippen molar-refractivity contribution in [2.75, 3.05) is 17.5 Å². The summed E-state index contributed by atoms with van der Waals surface area (Å²) in [6, 6.07) is 18.0. The lowest BCUT2D eigenvalue weighted by Gasteiger charge is -2.34. The molecule has 1 saturated carbocycles. The number of nitrogens with zero attached hydrogens (tertiary/aromatic N) is 2. The summed E-state index contributed by atoms with van der Waals surface area (Å²) in [5.74, 6) is -0.957. The lowest BCUT2D eigenvalue weighted by molar-refractivity contribution is -0.140. The summed E-state index contributed by atoms with van der Waals surface area (Å²) >= 11 is 0. The highest BCUT2D eigenvalue weighted by Crippen LogP contribution is 2.33. The van der Waals surface area contributed by atoms with Crippen molar-refractivity contribution in [1.82, 2.24) is 10.2 Å². The van der Waals surface area contributed by atoms with Gasteiger partial charge in [0.15, 0.2) is 0 Å². The summed E-state index contributed by atoms with van der Waals surface area (Å²) in [5.41, 5.74) is 1.72. The number of ether oxygens (including phenoxy) is 1. The summed E-state index contributed by atoms with van der Waals surface area (Å²) in [5, 5.41) is 3.13. The molecule has 4 rings (SSSR count). The fourth-order valence-electron chi connectivity index (χ4n) is 5.54. The number of aryl methyl sites for hydroxylation is 1. The number of hydrogen-bond acceptors (Lipinski definition) is 5. The Morgan fingerprint density at radius 3 is 2.25 bits per heavy atom. The fraction of sp³-hybridized carbons (Fsp3) is 0.412. The Balaban J connectivity index is 1.74. The van der Waals surface area contributed by atoms with Crippen molar-refractivity contribution >= 4 is 27.5 Å². The highest BCUT2D eigenvalue weighted by Gasteiger charge is 2.35. The van der Waals surface area contributed by atoms with Crippen LogP contribution in [0.25, 0.3) is 0 Å². The molecule has 0 aromatic heterocycles. The summed E-state index contributed by atoms with van der Waals surface area (Å²) < 4.78 is 48.9. The first-order chi connectivity index (χ1) is 21.1. The molecule has 1 N–H and O–H groups in total. The van der Waals surface area contributed by atoms with Crippen LogP contribution in [0, 0.1) is 12.7 Å². The van der Waals surface area contributed by atoms with E-state index in [1.165, 1.54) is 29.2 Å². The number of hydrogen-bond donors (Lipinski definition) is 1. The number of rotatable bonds is 13. The molecule has 0 radical (unpaired) electrons. The Kier molecular flexibility index (Phi) is 11.4. The van der Waals surface area contributed by atoms with E-state index in [1.807, 2.05) is 13.8 Å². The quantitative estimate of drug-likeness (QED) is 0.253. The molecule has 0 unspecified atom stereocenters. The van der Waals surface area contributed by atoms with Gasteiger partial charge in [0.1, 0.15) is 24.2 Å². The maximum absolute atomic E-state index is 14.3. The minimum absolute atomic E-state index is 0.00122. The number of para-hydroxylation sites is 2. The van der Waals surface area contributed by atoms with Crippen LogP contribution < -0.4 is 14.4 Å². The van der Waals surface area contributed by atoms with E-state index in [9.17, 15) is 22.4 Å². The molecule has 3 aromatic carbocycles. The number of nitrogens with one attached hydrogen (secondary N) is 1. The molecule has 44 heavy (non-hydrogen) atoms. The first kappa shape index (κ1) is 33.0. The second-order valence-electron chi connectivity index (χ2n) is 11.1. The van der Waals surface area contributed by atoms with Gasteiger partial charge in [0.25, 0.3) is 10.0 Å². The number of amides is 2. The first-order valence-corrected chi connectivity index (χ1v) is 16.7. The number of carbonyl (C=O) groups excluding carboxylic acids is 2. The molecule has 1 atom stereocenters. The van der Waals surface area contributed by atoms with Crippen molar-refractivity contribution < 1.29 is 27.1 Å². The van der Waals surface area contributed by atoms with Gasteiger partial charge in [-0.25, -0.2) is 12.8 Å². The van der Waals surface area contributed by atoms with Crippen LogP contribution in [0.3, 0.4) is 0 Å². The molecule has 0 aliphatic heterocycles. The molecule has 8 nitrogen and oxygen atoms in total. The van der Waals surface area contributed by atoms with Crippen molar-refractivity contribution in [3.05, 3.63) is 89.7 Å². The van der Waals surface area contributed by atoms with E-state index < -0.39 is 34.3 Å². The first-order valence-electron chi connectivity index (χ1n) is 15.3. The van der Waals surface area contributed by atoms with E-state index in [1.54, 1.807) is 55.5 Å². The van der Waals surface area contributed by atoms with Crippen molar-refractivity contribution in [3.8, 4) is 5.75 Å². The van der Waals surface area contributed by atoms with Gasteiger partial charge in [0.05, 0.1) is 17.2 Å². The average molecular weight is 624 g/mol. The zero-order chi connectivity index (χ0) is 31.7. The molecule has 0 spiro atoms. The number of sulfonamides is 1. The van der Waals surface area contributed by atoms with Crippen LogP contribution in [0.15, 0.2) is 77.7 Å². The van der Waals surface area contributed by atoms with Gasteiger partial charge in [-0.05, 0) is 75.1 Å². The van der Waals surface area contributed by atoms with Gasteiger partial charge < -0.3 is 15.0 Å². The number of carbonyl (C=O) groups is 2. The van der Waals surface area contributed by atoms with Gasteiger partial charge >= 0.3 is 0 Å². The minimum Gasteiger partial charge on any atom is -0.492 e. The Morgan fingerprint density at radius 2 is 1.61 bits per heavy atom. The minimum atomic E-state index is -4.24. The highest BCUT2D eigenvalue weighted by atomic mass is 32.2. The second-order valence-corrected chi connectivity index (χ2v) is 13.0. The molecule has 0 saturated heterocycles. The molecule has 0 bridgehead atoms. The Labute approximate surface area is 260 Å². The van der Waals surface area contributed by atoms with Crippen LogP contribution in [0.5, 0.6) is 5.75 Å². The zero-order valence-corrected chi connectivity index (χ0v) is 26.5. The van der Waals surface area contributed by atoms with Crippen molar-refractivity contribution in [1.29, 1.82) is 0 Å². The van der Waals surface area contributed by atoms with Gasteiger partial charge in [-0.15, -0.1) is 0 Å². The third kappa shape index (κ3) is 8.16. The predicted molar refractivity (Wildman–Crippen MR) is 169 cm³/mol. The summed E-state index contributed by atoms with van der Waals surface area (Å²) in [7, 11) is -4.24. The molecule has 10 heteroatoms. The molecular formula is C34H42FN3O5S. The van der Waals surface area contributed by atoms with E-state index in [-0.39, 0.29) is 29.1 Å². The monoisotopic (exact) mass is 623 g/mol. The van der Waals surface area contributed by atoms with Crippen molar-refractivity contribution in [2.45, 2.75) is 82.8 Å². The predicted octanol–water partition coefficient (Wildman–Crippen LogP) is 5.98. The van der Waals surface area contributed by atoms with Crippen LogP contribution >= 0.6 is 0 Å². The van der Waals surface area contributed by atoms with Gasteiger partial charge in [0, 0.05) is 12.6 Å². The van der Waals surface area contributed by atoms with Gasteiger partial charge in [-0.2, -0.15) is 0 Å². The number of anilines is 1. The molecule has 1 aliphatic rings. The van der Waals surface area contributed by atoms with Gasteiger partial charge in [-0.1, -0.05) is 68.1 Å². The summed E-state index contributed by atoms with van der Waals surface area (Å²) in [4.78, 5) is 29.4. The smallest absolute Gasteiger partial charge is 0.264 e. The lowest BCUT2D eigenvalue weighted by Crippen LogP contribution is -2.54. The van der Waals surface area contributed by atoms with Crippen LogP contribution in [-0.4, -0.2) is 50.4 Å². The van der Waals surface area contributed by atoms with E-state index in [0.717, 1.165) is 42.0 Å². The maximum Gasteiger partial charge on any atom is 0.264 e. The third-order valence-corrected chi connectivity index (χ3v) is 9.70. The zero-order valence-electron chi connectivity index (χ0n) is 25.7. The molecule has 236 valence electrons. The largest absolute Gasteiger partial charge is 0.492 e. The summed E-state index contributed by atoms with van der Waals surface area (Å²) in [6.07, 6.45) is 5.27. The van der Waals surface area contributed by atoms with Gasteiger partial charge in [0.2, 0.25) is 11.8 Å². The fourth-order valence-corrected chi connectivity index (χ4v) is 6.97. The van der Waals surface area contributed by atoms with Gasteiger partial charge in [-0.3, -0.25) is 13.9 Å². The molecule has 0 heterocycles. The van der Waals surface area contributed by atoms with E-state index in [0.29, 0.717) is 24.3 Å². The molecule has 2 amide bonds. The van der Waals surface area contributed by atoms with Crippen LogP contribution in [0.1, 0.15) is 63.5 Å². The van der Waals surface area contributed by atoms with Crippen LogP contribution in [0.4, 0.5) is 10.1 Å². The second kappa shape index (κ2) is 15.2. The Bertz CT molecular complexity index is 1510. The SMILES string of the molecule is CCOc1ccccc1N(CC(=O)N(Cc1ccc(F)cc1)[C@H](CC)C(=O)NC1CCCCC1)S(=O)(=O)c1ccc(C)cc1. The molecule has 1 aliphatic carbocycles. The van der Waals surface area contributed by atoms with E-state index in [2.05, 4.69) is 5.32 Å². The number of halogens is 1. The van der Waals surface area contributed by atoms with E-state index in [4.69, 9.17) is 4.74 Å². The Hall–Kier alpha value is -3.92. The maximum atomic E-state index is 14.3. The number of benzene rings is 3. The summed E-state index contributed by atoms with van der Waals surface area (Å²) in [6.45, 7) is 5.19. The van der Waals surface area contributed by atoms with Crippen LogP contribution in [0.2, 0.25) is 0 Å². The highest BCUT2D eigenvalue weighted by molar-refractivity contribution is 7.92.